The third-order valence-electron chi connectivity index (χ3n) is 4.86. The van der Waals surface area contributed by atoms with Crippen LogP contribution in [0.25, 0.3) is 0 Å². The van der Waals surface area contributed by atoms with Crippen LogP contribution in [-0.2, 0) is 4.74 Å². The summed E-state index contributed by atoms with van der Waals surface area (Å²) in [6.45, 7) is 19.9. The molecule has 0 aromatic heterocycles. The normalized spacial score (nSPS) is 12.9. The average molecular weight is 356 g/mol. The highest BCUT2D eigenvalue weighted by atomic mass is 16.5. The molecule has 0 spiro atoms. The van der Waals surface area contributed by atoms with E-state index in [2.05, 4.69) is 66.5 Å². The minimum Gasteiger partial charge on any atom is -0.377 e. The van der Waals surface area contributed by atoms with E-state index < -0.39 is 0 Å². The molecule has 25 heavy (non-hydrogen) atoms. The van der Waals surface area contributed by atoms with Crippen LogP contribution in [0, 0.1) is 0 Å². The van der Waals surface area contributed by atoms with Crippen LogP contribution in [0.15, 0.2) is 9.98 Å². The Hall–Kier alpha value is -0.820. The lowest BCUT2D eigenvalue weighted by Crippen LogP contribution is -2.62. The van der Waals surface area contributed by atoms with E-state index in [1.165, 1.54) is 0 Å². The van der Waals surface area contributed by atoms with Crippen LogP contribution < -0.4 is 0 Å². The van der Waals surface area contributed by atoms with Crippen molar-refractivity contribution in [3.63, 3.8) is 0 Å². The molecule has 6 nitrogen and oxygen atoms in total. The summed E-state index contributed by atoms with van der Waals surface area (Å²) in [6.07, 6.45) is 0. The van der Waals surface area contributed by atoms with Crippen molar-refractivity contribution in [2.24, 2.45) is 9.98 Å². The van der Waals surface area contributed by atoms with Gasteiger partial charge in [0.2, 0.25) is 0 Å². The summed E-state index contributed by atoms with van der Waals surface area (Å²) < 4.78 is 5.81. The van der Waals surface area contributed by atoms with Crippen molar-refractivity contribution < 1.29 is 4.74 Å². The molecule has 0 aromatic carbocycles. The van der Waals surface area contributed by atoms with Crippen molar-refractivity contribution in [1.29, 1.82) is 0 Å². The Labute approximate surface area is 155 Å². The monoisotopic (exact) mass is 355 g/mol. The highest BCUT2D eigenvalue weighted by Crippen LogP contribution is 2.31. The first-order valence-corrected chi connectivity index (χ1v) is 8.96. The molecule has 0 bridgehead atoms. The first kappa shape index (κ1) is 24.2. The Morgan fingerprint density at radius 3 is 1.44 bits per heavy atom. The maximum absolute atomic E-state index is 5.81. The number of ether oxygens (including phenoxy) is 1. The zero-order valence-corrected chi connectivity index (χ0v) is 18.5. The Balaban J connectivity index is 5.29. The Kier molecular flexibility index (Phi) is 10.0. The molecule has 0 aliphatic carbocycles. The zero-order chi connectivity index (χ0) is 19.8. The molecule has 148 valence electrons. The van der Waals surface area contributed by atoms with Gasteiger partial charge in [-0.25, -0.2) is 0 Å². The third kappa shape index (κ3) is 8.40. The van der Waals surface area contributed by atoms with Crippen LogP contribution in [0.3, 0.4) is 0 Å². The topological polar surface area (TPSA) is 43.7 Å². The van der Waals surface area contributed by atoms with Crippen molar-refractivity contribution in [1.82, 2.24) is 14.7 Å². The fourth-order valence-corrected chi connectivity index (χ4v) is 2.23. The van der Waals surface area contributed by atoms with Gasteiger partial charge in [-0.05, 0) is 69.5 Å². The lowest BCUT2D eigenvalue weighted by Gasteiger charge is -2.50. The number of methoxy groups -OCH3 is 1. The van der Waals surface area contributed by atoms with E-state index in [1.807, 2.05) is 27.7 Å². The summed E-state index contributed by atoms with van der Waals surface area (Å²) in [5.41, 5.74) is 1.74. The first-order chi connectivity index (χ1) is 11.3. The highest BCUT2D eigenvalue weighted by molar-refractivity contribution is 5.79. The molecule has 0 saturated carbocycles. The van der Waals surface area contributed by atoms with Crippen LogP contribution in [0.1, 0.15) is 55.4 Å². The fraction of sp³-hybridized carbons (Fsp3) is 0.895. The van der Waals surface area contributed by atoms with Crippen LogP contribution >= 0.6 is 0 Å². The minimum atomic E-state index is -0.289. The first-order valence-electron chi connectivity index (χ1n) is 8.96. The van der Waals surface area contributed by atoms with Crippen LogP contribution in [0.5, 0.6) is 0 Å². The second-order valence-electron chi connectivity index (χ2n) is 8.30. The van der Waals surface area contributed by atoms with E-state index in [0.29, 0.717) is 13.3 Å². The highest BCUT2D eigenvalue weighted by Gasteiger charge is 2.42. The van der Waals surface area contributed by atoms with Gasteiger partial charge < -0.3 is 4.74 Å². The Morgan fingerprint density at radius 2 is 1.16 bits per heavy atom. The smallest absolute Gasteiger partial charge is 0.0916 e. The van der Waals surface area contributed by atoms with Crippen molar-refractivity contribution in [2.75, 3.05) is 47.9 Å². The van der Waals surface area contributed by atoms with E-state index in [4.69, 9.17) is 4.74 Å². The summed E-state index contributed by atoms with van der Waals surface area (Å²) in [4.78, 5) is 15.9. The molecule has 0 aliphatic heterocycles. The number of nitrogens with zero attached hydrogens (tertiary/aromatic N) is 5. The van der Waals surface area contributed by atoms with Gasteiger partial charge in [0.15, 0.2) is 0 Å². The molecule has 0 fully saturated rings. The van der Waals surface area contributed by atoms with Gasteiger partial charge in [-0.3, -0.25) is 24.7 Å². The Morgan fingerprint density at radius 1 is 0.800 bits per heavy atom. The van der Waals surface area contributed by atoms with Crippen molar-refractivity contribution in [2.45, 2.75) is 66.5 Å². The van der Waals surface area contributed by atoms with Gasteiger partial charge in [0, 0.05) is 24.1 Å². The van der Waals surface area contributed by atoms with Gasteiger partial charge in [0.25, 0.3) is 0 Å². The molecule has 0 radical (unpaired) electrons. The molecular formula is C19H41N5O. The molecule has 0 aromatic rings. The molecular weight excluding hydrogens is 314 g/mol. The quantitative estimate of drug-likeness (QED) is 0.422. The maximum atomic E-state index is 5.81. The van der Waals surface area contributed by atoms with Gasteiger partial charge in [-0.1, -0.05) is 0 Å². The fourth-order valence-electron chi connectivity index (χ4n) is 2.23. The zero-order valence-electron chi connectivity index (χ0n) is 18.5. The second kappa shape index (κ2) is 10.4. The summed E-state index contributed by atoms with van der Waals surface area (Å²) in [6, 6.07) is 0. The van der Waals surface area contributed by atoms with Crippen LogP contribution in [-0.4, -0.2) is 85.1 Å². The lowest BCUT2D eigenvalue weighted by atomic mass is 9.84. The van der Waals surface area contributed by atoms with Crippen LogP contribution in [0.4, 0.5) is 0 Å². The molecule has 0 unspecified atom stereocenters. The van der Waals surface area contributed by atoms with Crippen molar-refractivity contribution in [3.05, 3.63) is 0 Å². The third-order valence-corrected chi connectivity index (χ3v) is 4.86. The number of aliphatic imine (C=N–C) groups is 2. The summed E-state index contributed by atoms with van der Waals surface area (Å²) >= 11 is 0. The molecule has 0 N–H and O–H groups in total. The van der Waals surface area contributed by atoms with Gasteiger partial charge >= 0.3 is 0 Å². The molecule has 6 heteroatoms. The molecule has 0 saturated heterocycles. The van der Waals surface area contributed by atoms with E-state index >= 15 is 0 Å². The predicted molar refractivity (Wildman–Crippen MR) is 110 cm³/mol. The molecule has 0 aliphatic rings. The Bertz CT molecular complexity index is 421. The largest absolute Gasteiger partial charge is 0.377 e. The molecule has 0 amide bonds. The average Bonchev–Trinajstić information content (AvgIpc) is 2.49. The van der Waals surface area contributed by atoms with E-state index in [1.54, 1.807) is 7.11 Å². The summed E-state index contributed by atoms with van der Waals surface area (Å²) in [5, 5.41) is 0. The summed E-state index contributed by atoms with van der Waals surface area (Å²) in [5.74, 6) is 0. The van der Waals surface area contributed by atoms with Crippen molar-refractivity contribution >= 4 is 11.4 Å². The molecule has 0 rings (SSSR count). The van der Waals surface area contributed by atoms with E-state index in [-0.39, 0.29) is 11.1 Å². The number of hydrogen-bond acceptors (Lipinski definition) is 6. The van der Waals surface area contributed by atoms with Gasteiger partial charge in [-0.15, -0.1) is 0 Å². The minimum absolute atomic E-state index is 0.166. The standard InChI is InChI=1S/C19H41N5O/c1-16(2)20-12-22(9)14-24(15-23(10)13-21-17(3)4)18(5,6)19(7,8)25-11/h12-15H2,1-11H3. The van der Waals surface area contributed by atoms with E-state index in [9.17, 15) is 0 Å². The SMILES string of the molecule is COC(C)(C)C(C)(C)N(CN(C)CN=C(C)C)CN(C)CN=C(C)C. The summed E-state index contributed by atoms with van der Waals surface area (Å²) in [7, 11) is 5.98. The van der Waals surface area contributed by atoms with Gasteiger partial charge in [-0.2, -0.15) is 0 Å². The van der Waals surface area contributed by atoms with Gasteiger partial charge in [0.1, 0.15) is 0 Å². The molecule has 0 atom stereocenters. The van der Waals surface area contributed by atoms with Crippen molar-refractivity contribution in [3.8, 4) is 0 Å². The van der Waals surface area contributed by atoms with E-state index in [0.717, 1.165) is 24.8 Å². The second-order valence-corrected chi connectivity index (χ2v) is 8.30. The lowest BCUT2D eigenvalue weighted by molar-refractivity contribution is -0.121. The predicted octanol–water partition coefficient (Wildman–Crippen LogP) is 3.15. The maximum Gasteiger partial charge on any atom is 0.0916 e. The van der Waals surface area contributed by atoms with Gasteiger partial charge in [0.05, 0.1) is 32.3 Å². The number of hydrogen-bond donors (Lipinski definition) is 0. The molecule has 0 heterocycles. The van der Waals surface area contributed by atoms with Crippen LogP contribution in [0.2, 0.25) is 0 Å². The number of rotatable bonds is 11.